The quantitative estimate of drug-likeness (QED) is 0.0155. The summed E-state index contributed by atoms with van der Waals surface area (Å²) in [4.78, 5) is 79.8. The summed E-state index contributed by atoms with van der Waals surface area (Å²) in [7, 11) is 0.975. The van der Waals surface area contributed by atoms with Crippen molar-refractivity contribution in [3.05, 3.63) is 76.9 Å². The molecule has 0 aliphatic heterocycles. The molecular weight excluding hydrogens is 1010 g/mol. The van der Waals surface area contributed by atoms with Crippen LogP contribution in [0.2, 0.25) is 0 Å². The van der Waals surface area contributed by atoms with Crippen LogP contribution in [0.4, 0.5) is 34.1 Å². The highest BCUT2D eigenvalue weighted by atomic mass is 31.2. The fraction of sp³-hybridized carbons (Fsp3) is 0.731. The van der Waals surface area contributed by atoms with Crippen LogP contribution in [0.1, 0.15) is 180 Å². The fourth-order valence-corrected chi connectivity index (χ4v) is 8.98. The lowest BCUT2D eigenvalue weighted by Gasteiger charge is -2.28. The minimum absolute atomic E-state index is 0.0861. The molecule has 2 N–H and O–H groups in total. The van der Waals surface area contributed by atoms with Crippen molar-refractivity contribution in [3.63, 3.8) is 0 Å². The summed E-state index contributed by atoms with van der Waals surface area (Å²) in [5, 5.41) is 50.5. The topological polar surface area (TPSA) is 308 Å². The van der Waals surface area contributed by atoms with Crippen molar-refractivity contribution >= 4 is 53.9 Å². The van der Waals surface area contributed by atoms with Gasteiger partial charge in [0.2, 0.25) is 0 Å². The van der Waals surface area contributed by atoms with E-state index in [1.165, 1.54) is 24.3 Å². The Balaban J connectivity index is 1.53. The van der Waals surface area contributed by atoms with E-state index >= 15 is 0 Å². The Hall–Kier alpha value is -5.35. The van der Waals surface area contributed by atoms with Crippen LogP contribution in [0.25, 0.3) is 0 Å². The Morgan fingerprint density at radius 1 is 0.513 bits per heavy atom. The van der Waals surface area contributed by atoms with Crippen LogP contribution in [0.15, 0.2) is 36.4 Å². The van der Waals surface area contributed by atoms with E-state index in [9.17, 15) is 59.5 Å². The van der Waals surface area contributed by atoms with Gasteiger partial charge in [0, 0.05) is 38.1 Å². The Morgan fingerprint density at radius 3 is 1.22 bits per heavy atom. The summed E-state index contributed by atoms with van der Waals surface area (Å²) in [5.41, 5.74) is -0.681. The number of nitrogens with zero attached hydrogens (tertiary/aromatic N) is 5. The van der Waals surface area contributed by atoms with Crippen LogP contribution in [-0.2, 0) is 32.7 Å². The first-order valence-corrected chi connectivity index (χ1v) is 28.8. The Kier molecular flexibility index (Phi) is 34.3. The van der Waals surface area contributed by atoms with Gasteiger partial charge in [-0.2, -0.15) is 0 Å². The van der Waals surface area contributed by atoms with Crippen molar-refractivity contribution < 1.29 is 61.7 Å². The third-order valence-corrected chi connectivity index (χ3v) is 13.6. The number of hydrogen-bond acceptors (Lipinski definition) is 18. The van der Waals surface area contributed by atoms with E-state index < -0.39 is 52.2 Å². The highest BCUT2D eigenvalue weighted by Gasteiger charge is 2.23. The largest absolute Gasteiger partial charge is 0.756 e. The third kappa shape index (κ3) is 32.9. The van der Waals surface area contributed by atoms with Crippen LogP contribution in [0.5, 0.6) is 0 Å². The number of rotatable bonds is 48. The molecule has 2 aromatic rings. The summed E-state index contributed by atoms with van der Waals surface area (Å²) < 4.78 is 33.9. The van der Waals surface area contributed by atoms with Crippen LogP contribution in [0.3, 0.4) is 0 Å². The van der Waals surface area contributed by atoms with Crippen molar-refractivity contribution in [1.29, 1.82) is 0 Å². The highest BCUT2D eigenvalue weighted by molar-refractivity contribution is 7.45. The number of phosphoric acid groups is 1. The lowest BCUT2D eigenvalue weighted by Crippen LogP contribution is -2.37. The average molecular weight is 1100 g/mol. The maximum atomic E-state index is 12.8. The van der Waals surface area contributed by atoms with Crippen LogP contribution in [0, 0.1) is 40.5 Å². The number of quaternary nitrogens is 1. The van der Waals surface area contributed by atoms with E-state index in [1.807, 2.05) is 21.1 Å². The summed E-state index contributed by atoms with van der Waals surface area (Å²) >= 11 is 0. The van der Waals surface area contributed by atoms with Crippen LogP contribution in [-0.4, -0.2) is 103 Å². The molecule has 0 spiro atoms. The SMILES string of the molecule is C[N+](C)(C)CCOP(=O)([O-])OC[C@@H](COC(=O)CCCCCCCCCCCCCCCNc1ccc([N+](=O)[O-])cc1[N+](=O)[O-])OC(=O)CCCCCCCCCCCCCCCNc1ccc([N+](=O)[O-])cc1[N+](=O)[O-]. The van der Waals surface area contributed by atoms with Gasteiger partial charge in [0.15, 0.2) is 6.10 Å². The van der Waals surface area contributed by atoms with Crippen molar-refractivity contribution in [2.75, 3.05) is 71.2 Å². The number of non-ortho nitro benzene ring substituents is 2. The van der Waals surface area contributed by atoms with Crippen molar-refractivity contribution in [1.82, 2.24) is 0 Å². The minimum Gasteiger partial charge on any atom is -0.756 e. The molecule has 0 fully saturated rings. The molecule has 2 atom stereocenters. The van der Waals surface area contributed by atoms with Gasteiger partial charge in [-0.3, -0.25) is 54.6 Å². The van der Waals surface area contributed by atoms with Crippen LogP contribution >= 0.6 is 7.82 Å². The van der Waals surface area contributed by atoms with E-state index in [1.54, 1.807) is 0 Å². The summed E-state index contributed by atoms with van der Waals surface area (Å²) in [6.07, 6.45) is 25.6. The van der Waals surface area contributed by atoms with Crippen molar-refractivity contribution in [3.8, 4) is 0 Å². The Morgan fingerprint density at radius 2 is 0.868 bits per heavy atom. The molecule has 0 aliphatic carbocycles. The van der Waals surface area contributed by atoms with Crippen molar-refractivity contribution in [2.24, 2.45) is 0 Å². The van der Waals surface area contributed by atoms with E-state index in [0.29, 0.717) is 37.0 Å². The van der Waals surface area contributed by atoms with E-state index in [4.69, 9.17) is 18.5 Å². The zero-order valence-corrected chi connectivity index (χ0v) is 46.2. The molecule has 0 radical (unpaired) electrons. The predicted molar refractivity (Wildman–Crippen MR) is 289 cm³/mol. The molecule has 2 rings (SSSR count). The zero-order chi connectivity index (χ0) is 56.0. The number of carbonyl (C=O) groups is 2. The third-order valence-electron chi connectivity index (χ3n) is 12.7. The second kappa shape index (κ2) is 39.1. The number of nitro benzene ring substituents is 4. The van der Waals surface area contributed by atoms with E-state index in [-0.39, 0.29) is 60.2 Å². The van der Waals surface area contributed by atoms with Gasteiger partial charge in [0.1, 0.15) is 31.1 Å². The van der Waals surface area contributed by atoms with Gasteiger partial charge in [0.05, 0.1) is 59.6 Å². The van der Waals surface area contributed by atoms with E-state index in [2.05, 4.69) is 10.6 Å². The Labute approximate surface area is 448 Å². The molecular formula is C52H86N7O16P. The molecule has 0 saturated carbocycles. The maximum Gasteiger partial charge on any atom is 0.306 e. The highest BCUT2D eigenvalue weighted by Crippen LogP contribution is 2.38. The van der Waals surface area contributed by atoms with Gasteiger partial charge in [-0.05, 0) is 37.8 Å². The lowest BCUT2D eigenvalue weighted by atomic mass is 10.0. The van der Waals surface area contributed by atoms with Gasteiger partial charge >= 0.3 is 11.9 Å². The molecule has 0 amide bonds. The number of ether oxygens (including phenoxy) is 2. The average Bonchev–Trinajstić information content (AvgIpc) is 3.36. The first-order chi connectivity index (χ1) is 36.3. The number of nitro groups is 4. The molecule has 0 aliphatic rings. The molecule has 2 aromatic carbocycles. The number of hydrogen-bond donors (Lipinski definition) is 2. The predicted octanol–water partition coefficient (Wildman–Crippen LogP) is 12.4. The summed E-state index contributed by atoms with van der Waals surface area (Å²) in [6, 6.07) is 7.20. The molecule has 23 nitrogen and oxygen atoms in total. The van der Waals surface area contributed by atoms with Gasteiger partial charge in [0.25, 0.3) is 30.6 Å². The molecule has 1 unspecified atom stereocenters. The number of benzene rings is 2. The summed E-state index contributed by atoms with van der Waals surface area (Å²) in [5.74, 6) is -0.987. The number of unbranched alkanes of at least 4 members (excludes halogenated alkanes) is 24. The number of esters is 2. The van der Waals surface area contributed by atoms with Gasteiger partial charge in [-0.15, -0.1) is 0 Å². The van der Waals surface area contributed by atoms with E-state index in [0.717, 1.165) is 166 Å². The fourth-order valence-electron chi connectivity index (χ4n) is 8.25. The molecule has 430 valence electrons. The minimum atomic E-state index is -4.71. The number of anilines is 2. The van der Waals surface area contributed by atoms with Gasteiger partial charge in [-0.1, -0.05) is 141 Å². The number of carbonyl (C=O) groups excluding carboxylic acids is 2. The normalized spacial score (nSPS) is 12.6. The van der Waals surface area contributed by atoms with Crippen LogP contribution < -0.4 is 15.5 Å². The smallest absolute Gasteiger partial charge is 0.306 e. The maximum absolute atomic E-state index is 12.8. The zero-order valence-electron chi connectivity index (χ0n) is 45.3. The number of likely N-dealkylation sites (N-methyl/N-ethyl adjacent to an activating group) is 1. The van der Waals surface area contributed by atoms with Gasteiger partial charge in [-0.25, -0.2) is 0 Å². The lowest BCUT2D eigenvalue weighted by molar-refractivity contribution is -0.870. The standard InChI is InChI=1S/C52H86N7O16P/c1-59(2,3)38-39-73-76(70,71)74-43-46(75-52(61)31-27-23-19-15-11-7-5-9-13-17-21-25-29-37-54-48-35-33-45(56(64)65)41-50(48)58(68)69)42-72-51(60)30-26-22-18-14-10-6-4-8-12-16-20-24-28-36-53-47-34-32-44(55(62)63)40-49(47)57(66)67/h32-35,40-41,46,53-54H,4-31,36-39,42-43H2,1-3H3/t46-/m1/s1. The Bertz CT molecular complexity index is 2090. The molecule has 76 heavy (non-hydrogen) atoms. The molecule has 0 heterocycles. The second-order valence-electron chi connectivity index (χ2n) is 20.4. The molecule has 0 bridgehead atoms. The number of nitrogens with one attached hydrogen (secondary N) is 2. The molecule has 24 heteroatoms. The first-order valence-electron chi connectivity index (χ1n) is 27.4. The van der Waals surface area contributed by atoms with Crippen molar-refractivity contribution in [2.45, 2.75) is 186 Å². The first kappa shape index (κ1) is 66.8. The molecule has 0 saturated heterocycles. The van der Waals surface area contributed by atoms with Gasteiger partial charge < -0.3 is 38.5 Å². The second-order valence-corrected chi connectivity index (χ2v) is 21.8. The summed E-state index contributed by atoms with van der Waals surface area (Å²) in [6.45, 7) is 0.555. The number of phosphoric ester groups is 1. The monoisotopic (exact) mass is 1100 g/mol. The molecule has 0 aromatic heterocycles.